The summed E-state index contributed by atoms with van der Waals surface area (Å²) in [5.41, 5.74) is 1.89. The summed E-state index contributed by atoms with van der Waals surface area (Å²) in [5, 5.41) is 11.7. The van der Waals surface area contributed by atoms with Gasteiger partial charge in [-0.2, -0.15) is 0 Å². The number of anilines is 1. The van der Waals surface area contributed by atoms with Crippen molar-refractivity contribution in [3.05, 3.63) is 84.4 Å². The number of ether oxygens (including phenoxy) is 2. The van der Waals surface area contributed by atoms with Gasteiger partial charge in [-0.25, -0.2) is 4.79 Å². The van der Waals surface area contributed by atoms with Crippen LogP contribution in [-0.4, -0.2) is 66.1 Å². The van der Waals surface area contributed by atoms with Crippen molar-refractivity contribution in [3.8, 4) is 17.2 Å². The van der Waals surface area contributed by atoms with Crippen molar-refractivity contribution in [1.82, 2.24) is 9.80 Å². The minimum Gasteiger partial charge on any atom is -0.482 e. The van der Waals surface area contributed by atoms with E-state index < -0.39 is 5.97 Å². The second-order valence-electron chi connectivity index (χ2n) is 8.72. The number of carbonyl (C=O) groups is 2. The molecule has 1 fully saturated rings. The largest absolute Gasteiger partial charge is 0.482 e. The van der Waals surface area contributed by atoms with Gasteiger partial charge in [0.05, 0.1) is 6.54 Å². The van der Waals surface area contributed by atoms with E-state index in [2.05, 4.69) is 15.1 Å². The molecule has 0 saturated carbocycles. The van der Waals surface area contributed by atoms with E-state index >= 15 is 0 Å². The summed E-state index contributed by atoms with van der Waals surface area (Å²) in [6.07, 6.45) is 0.985. The van der Waals surface area contributed by atoms with Crippen LogP contribution in [0.5, 0.6) is 17.2 Å². The van der Waals surface area contributed by atoms with Crippen LogP contribution in [0.3, 0.4) is 0 Å². The maximum Gasteiger partial charge on any atom is 0.341 e. The summed E-state index contributed by atoms with van der Waals surface area (Å²) in [4.78, 5) is 27.8. The number of carbonyl (C=O) groups excluding carboxylic acids is 1. The molecule has 0 atom stereocenters. The molecule has 0 spiro atoms. The molecule has 1 aliphatic rings. The molecule has 1 heterocycles. The molecule has 0 aromatic heterocycles. The van der Waals surface area contributed by atoms with Crippen molar-refractivity contribution in [2.24, 2.45) is 0 Å². The van der Waals surface area contributed by atoms with Crippen molar-refractivity contribution in [1.29, 1.82) is 0 Å². The average Bonchev–Trinajstić information content (AvgIpc) is 3.10. The fourth-order valence-electron chi connectivity index (χ4n) is 4.07. The number of carboxylic acid groups (broad SMARTS) is 1. The number of nitrogens with zero attached hydrogens (tertiary/aromatic N) is 2. The molecule has 188 valence electrons. The number of rotatable bonds is 10. The SMILES string of the molecule is O=C(O)COc1ccc(CN2CCCN(CC(=O)Nc3ccc(Oc4ccccc4)cc3)CC2)cc1. The highest BCUT2D eigenvalue weighted by molar-refractivity contribution is 5.92. The Labute approximate surface area is 211 Å². The number of benzene rings is 3. The van der Waals surface area contributed by atoms with Gasteiger partial charge in [-0.1, -0.05) is 30.3 Å². The quantitative estimate of drug-likeness (QED) is 0.443. The summed E-state index contributed by atoms with van der Waals surface area (Å²) in [7, 11) is 0. The van der Waals surface area contributed by atoms with Crippen molar-refractivity contribution in [3.63, 3.8) is 0 Å². The minimum atomic E-state index is -0.992. The zero-order valence-corrected chi connectivity index (χ0v) is 20.1. The van der Waals surface area contributed by atoms with Crippen LogP contribution in [0.1, 0.15) is 12.0 Å². The first-order chi connectivity index (χ1) is 17.5. The van der Waals surface area contributed by atoms with Crippen LogP contribution < -0.4 is 14.8 Å². The van der Waals surface area contributed by atoms with E-state index in [9.17, 15) is 9.59 Å². The summed E-state index contributed by atoms with van der Waals surface area (Å²) in [6, 6.07) is 24.5. The lowest BCUT2D eigenvalue weighted by molar-refractivity contribution is -0.139. The molecule has 3 aromatic rings. The first-order valence-electron chi connectivity index (χ1n) is 12.0. The summed E-state index contributed by atoms with van der Waals surface area (Å²) < 4.78 is 11.0. The number of hydrogen-bond acceptors (Lipinski definition) is 6. The molecule has 0 aliphatic carbocycles. The zero-order valence-electron chi connectivity index (χ0n) is 20.1. The molecular formula is C28H31N3O5. The van der Waals surface area contributed by atoms with E-state index in [0.717, 1.165) is 56.1 Å². The van der Waals surface area contributed by atoms with Crippen LogP contribution in [-0.2, 0) is 16.1 Å². The lowest BCUT2D eigenvalue weighted by Gasteiger charge is -2.21. The lowest BCUT2D eigenvalue weighted by atomic mass is 10.2. The minimum absolute atomic E-state index is 0.0304. The molecule has 3 aromatic carbocycles. The Morgan fingerprint density at radius 3 is 2.14 bits per heavy atom. The van der Waals surface area contributed by atoms with Crippen molar-refractivity contribution in [2.45, 2.75) is 13.0 Å². The van der Waals surface area contributed by atoms with Crippen LogP contribution in [0.25, 0.3) is 0 Å². The van der Waals surface area contributed by atoms with Gasteiger partial charge in [-0.15, -0.1) is 0 Å². The Hall–Kier alpha value is -3.88. The molecule has 0 bridgehead atoms. The van der Waals surface area contributed by atoms with Crippen molar-refractivity contribution >= 4 is 17.6 Å². The van der Waals surface area contributed by atoms with Crippen LogP contribution in [0.4, 0.5) is 5.69 Å². The van der Waals surface area contributed by atoms with Gasteiger partial charge in [0.1, 0.15) is 17.2 Å². The van der Waals surface area contributed by atoms with Gasteiger partial charge < -0.3 is 19.9 Å². The molecule has 0 unspecified atom stereocenters. The number of hydrogen-bond donors (Lipinski definition) is 2. The Balaban J connectivity index is 1.20. The van der Waals surface area contributed by atoms with Gasteiger partial charge in [0.15, 0.2) is 6.61 Å². The Kier molecular flexibility index (Phi) is 8.91. The number of nitrogens with one attached hydrogen (secondary N) is 1. The van der Waals surface area contributed by atoms with Crippen LogP contribution in [0.2, 0.25) is 0 Å². The molecule has 1 amide bonds. The first kappa shape index (κ1) is 25.2. The molecule has 8 nitrogen and oxygen atoms in total. The average molecular weight is 490 g/mol. The highest BCUT2D eigenvalue weighted by Crippen LogP contribution is 2.22. The maximum absolute atomic E-state index is 12.6. The van der Waals surface area contributed by atoms with Crippen LogP contribution >= 0.6 is 0 Å². The fraction of sp³-hybridized carbons (Fsp3) is 0.286. The number of para-hydroxylation sites is 1. The van der Waals surface area contributed by atoms with E-state index in [4.69, 9.17) is 14.6 Å². The second-order valence-corrected chi connectivity index (χ2v) is 8.72. The third-order valence-corrected chi connectivity index (χ3v) is 5.86. The maximum atomic E-state index is 12.6. The predicted molar refractivity (Wildman–Crippen MR) is 137 cm³/mol. The third kappa shape index (κ3) is 8.11. The molecular weight excluding hydrogens is 458 g/mol. The number of amides is 1. The van der Waals surface area contributed by atoms with E-state index in [1.165, 1.54) is 0 Å². The summed E-state index contributed by atoms with van der Waals surface area (Å²) in [5.74, 6) is 1.01. The normalized spacial score (nSPS) is 14.6. The third-order valence-electron chi connectivity index (χ3n) is 5.86. The Morgan fingerprint density at radius 1 is 0.778 bits per heavy atom. The smallest absolute Gasteiger partial charge is 0.341 e. The summed E-state index contributed by atoms with van der Waals surface area (Å²) in [6.45, 7) is 4.33. The topological polar surface area (TPSA) is 91.3 Å². The highest BCUT2D eigenvalue weighted by Gasteiger charge is 2.17. The fourth-order valence-corrected chi connectivity index (χ4v) is 4.07. The monoisotopic (exact) mass is 489 g/mol. The molecule has 4 rings (SSSR count). The first-order valence-corrected chi connectivity index (χ1v) is 12.0. The van der Waals surface area contributed by atoms with Gasteiger partial charge in [-0.05, 0) is 73.6 Å². The van der Waals surface area contributed by atoms with E-state index in [1.54, 1.807) is 12.1 Å². The Bertz CT molecular complexity index is 1120. The van der Waals surface area contributed by atoms with Crippen LogP contribution in [0.15, 0.2) is 78.9 Å². The van der Waals surface area contributed by atoms with Gasteiger partial charge in [-0.3, -0.25) is 14.6 Å². The molecule has 0 radical (unpaired) electrons. The zero-order chi connectivity index (χ0) is 25.2. The predicted octanol–water partition coefficient (Wildman–Crippen LogP) is 4.09. The molecule has 1 saturated heterocycles. The van der Waals surface area contributed by atoms with Gasteiger partial charge in [0, 0.05) is 25.3 Å². The molecule has 36 heavy (non-hydrogen) atoms. The van der Waals surface area contributed by atoms with Gasteiger partial charge >= 0.3 is 5.97 Å². The molecule has 1 aliphatic heterocycles. The van der Waals surface area contributed by atoms with E-state index in [1.807, 2.05) is 66.7 Å². The molecule has 2 N–H and O–H groups in total. The van der Waals surface area contributed by atoms with Crippen molar-refractivity contribution < 1.29 is 24.2 Å². The van der Waals surface area contributed by atoms with Crippen molar-refractivity contribution in [2.75, 3.05) is 44.6 Å². The summed E-state index contributed by atoms with van der Waals surface area (Å²) >= 11 is 0. The highest BCUT2D eigenvalue weighted by atomic mass is 16.5. The molecule has 8 heteroatoms. The van der Waals surface area contributed by atoms with Crippen LogP contribution in [0, 0.1) is 0 Å². The van der Waals surface area contributed by atoms with E-state index in [0.29, 0.717) is 18.0 Å². The van der Waals surface area contributed by atoms with Gasteiger partial charge in [0.2, 0.25) is 5.91 Å². The van der Waals surface area contributed by atoms with Gasteiger partial charge in [0.25, 0.3) is 0 Å². The standard InChI is InChI=1S/C28H31N3O5/c32-27(29-23-9-13-26(14-10-23)36-25-5-2-1-3-6-25)20-31-16-4-15-30(17-18-31)19-22-7-11-24(12-8-22)35-21-28(33)34/h1-3,5-14H,4,15-21H2,(H,29,32)(H,33,34). The number of carboxylic acids is 1. The van der Waals surface area contributed by atoms with E-state index in [-0.39, 0.29) is 12.5 Å². The lowest BCUT2D eigenvalue weighted by Crippen LogP contribution is -2.36. The second kappa shape index (κ2) is 12.7. The number of aliphatic carboxylic acids is 1. The Morgan fingerprint density at radius 2 is 1.42 bits per heavy atom.